The molecule has 0 saturated heterocycles. The van der Waals surface area contributed by atoms with Gasteiger partial charge < -0.3 is 10.3 Å². The predicted molar refractivity (Wildman–Crippen MR) is 91.9 cm³/mol. The number of rotatable bonds is 4. The van der Waals surface area contributed by atoms with E-state index in [9.17, 15) is 4.79 Å². The molecule has 0 bridgehead atoms. The first-order valence-electron chi connectivity index (χ1n) is 6.84. The van der Waals surface area contributed by atoms with Crippen LogP contribution in [0.4, 0.5) is 5.69 Å². The standard InChI is InChI=1S/C17H18ClN3O/c1-12-4-9-16(15(18)10-12)20-17(22)14-7-5-13(6-8-14)11-19-21(2)3/h4-11H,1-3H3,(H,20,22). The molecule has 0 radical (unpaired) electrons. The second-order valence-corrected chi connectivity index (χ2v) is 5.56. The molecule has 4 nitrogen and oxygen atoms in total. The average molecular weight is 316 g/mol. The molecule has 2 aromatic carbocycles. The zero-order valence-corrected chi connectivity index (χ0v) is 13.6. The van der Waals surface area contributed by atoms with Crippen molar-refractivity contribution < 1.29 is 4.79 Å². The fraction of sp³-hybridized carbons (Fsp3) is 0.176. The molecule has 2 rings (SSSR count). The number of amides is 1. The lowest BCUT2D eigenvalue weighted by atomic mass is 10.1. The molecule has 5 heteroatoms. The Balaban J connectivity index is 2.09. The number of nitrogens with one attached hydrogen (secondary N) is 1. The molecular weight excluding hydrogens is 298 g/mol. The lowest BCUT2D eigenvalue weighted by Gasteiger charge is -2.08. The van der Waals surface area contributed by atoms with Gasteiger partial charge in [0.15, 0.2) is 0 Å². The van der Waals surface area contributed by atoms with Gasteiger partial charge in [-0.1, -0.05) is 29.8 Å². The molecule has 22 heavy (non-hydrogen) atoms. The number of benzene rings is 2. The smallest absolute Gasteiger partial charge is 0.255 e. The Kier molecular flexibility index (Phi) is 5.17. The molecule has 1 amide bonds. The highest BCUT2D eigenvalue weighted by molar-refractivity contribution is 6.34. The van der Waals surface area contributed by atoms with Gasteiger partial charge in [0, 0.05) is 19.7 Å². The molecule has 0 atom stereocenters. The van der Waals surface area contributed by atoms with Crippen LogP contribution in [-0.4, -0.2) is 31.2 Å². The quantitative estimate of drug-likeness (QED) is 0.689. The third kappa shape index (κ3) is 4.33. The van der Waals surface area contributed by atoms with Crippen molar-refractivity contribution in [3.05, 3.63) is 64.2 Å². The van der Waals surface area contributed by atoms with E-state index >= 15 is 0 Å². The van der Waals surface area contributed by atoms with E-state index in [1.165, 1.54) is 0 Å². The highest BCUT2D eigenvalue weighted by Gasteiger charge is 2.08. The molecule has 0 heterocycles. The monoisotopic (exact) mass is 315 g/mol. The third-order valence-corrected chi connectivity index (χ3v) is 3.30. The van der Waals surface area contributed by atoms with E-state index in [-0.39, 0.29) is 5.91 Å². The first kappa shape index (κ1) is 16.0. The van der Waals surface area contributed by atoms with Gasteiger partial charge in [-0.2, -0.15) is 5.10 Å². The molecule has 0 unspecified atom stereocenters. The van der Waals surface area contributed by atoms with Crippen molar-refractivity contribution in [2.24, 2.45) is 5.10 Å². The number of anilines is 1. The number of hydrazone groups is 1. The number of aryl methyl sites for hydroxylation is 1. The van der Waals surface area contributed by atoms with Gasteiger partial charge >= 0.3 is 0 Å². The molecule has 114 valence electrons. The van der Waals surface area contributed by atoms with E-state index in [2.05, 4.69) is 10.4 Å². The predicted octanol–water partition coefficient (Wildman–Crippen LogP) is 3.80. The van der Waals surface area contributed by atoms with Crippen LogP contribution in [-0.2, 0) is 0 Å². The zero-order valence-electron chi connectivity index (χ0n) is 12.8. The summed E-state index contributed by atoms with van der Waals surface area (Å²) in [6.07, 6.45) is 1.73. The van der Waals surface area contributed by atoms with Gasteiger partial charge in [-0.15, -0.1) is 0 Å². The van der Waals surface area contributed by atoms with Crippen LogP contribution in [0.2, 0.25) is 5.02 Å². The Morgan fingerprint density at radius 1 is 1.18 bits per heavy atom. The molecule has 0 spiro atoms. The summed E-state index contributed by atoms with van der Waals surface area (Å²) in [5.74, 6) is -0.193. The molecule has 0 fully saturated rings. The lowest BCUT2D eigenvalue weighted by Crippen LogP contribution is -2.12. The number of carbonyl (C=O) groups excluding carboxylic acids is 1. The van der Waals surface area contributed by atoms with E-state index < -0.39 is 0 Å². The van der Waals surface area contributed by atoms with E-state index in [0.29, 0.717) is 16.3 Å². The van der Waals surface area contributed by atoms with E-state index in [0.717, 1.165) is 11.1 Å². The SMILES string of the molecule is Cc1ccc(NC(=O)c2ccc(C=NN(C)C)cc2)c(Cl)c1. The summed E-state index contributed by atoms with van der Waals surface area (Å²) >= 11 is 6.12. The summed E-state index contributed by atoms with van der Waals surface area (Å²) < 4.78 is 0. The van der Waals surface area contributed by atoms with E-state index in [4.69, 9.17) is 11.6 Å². The van der Waals surface area contributed by atoms with Crippen LogP contribution in [0.5, 0.6) is 0 Å². The summed E-state index contributed by atoms with van der Waals surface area (Å²) in [4.78, 5) is 12.2. The van der Waals surface area contributed by atoms with Crippen molar-refractivity contribution in [3.8, 4) is 0 Å². The van der Waals surface area contributed by atoms with Gasteiger partial charge in [0.25, 0.3) is 5.91 Å². The second-order valence-electron chi connectivity index (χ2n) is 5.15. The van der Waals surface area contributed by atoms with Crippen LogP contribution in [0.1, 0.15) is 21.5 Å². The maximum absolute atomic E-state index is 12.2. The number of carbonyl (C=O) groups is 1. The van der Waals surface area contributed by atoms with Gasteiger partial charge in [0.1, 0.15) is 0 Å². The Hall–Kier alpha value is -2.33. The van der Waals surface area contributed by atoms with Gasteiger partial charge in [-0.25, -0.2) is 0 Å². The maximum Gasteiger partial charge on any atom is 0.255 e. The van der Waals surface area contributed by atoms with Crippen molar-refractivity contribution in [2.75, 3.05) is 19.4 Å². The summed E-state index contributed by atoms with van der Waals surface area (Å²) in [6.45, 7) is 1.95. The zero-order chi connectivity index (χ0) is 16.1. The van der Waals surface area contributed by atoms with Gasteiger partial charge in [-0.05, 0) is 42.3 Å². The maximum atomic E-state index is 12.2. The average Bonchev–Trinajstić information content (AvgIpc) is 2.48. The molecule has 1 N–H and O–H groups in total. The first-order valence-corrected chi connectivity index (χ1v) is 7.22. The Morgan fingerprint density at radius 3 is 2.45 bits per heavy atom. The molecule has 0 saturated carbocycles. The number of hydrogen-bond acceptors (Lipinski definition) is 3. The first-order chi connectivity index (χ1) is 10.5. The van der Waals surface area contributed by atoms with Crippen molar-refractivity contribution in [2.45, 2.75) is 6.92 Å². The molecule has 2 aromatic rings. The summed E-state index contributed by atoms with van der Waals surface area (Å²) in [7, 11) is 3.70. The van der Waals surface area contributed by atoms with Crippen LogP contribution in [0.15, 0.2) is 47.6 Å². The Labute approximate surface area is 135 Å². The van der Waals surface area contributed by atoms with Crippen LogP contribution in [0.3, 0.4) is 0 Å². The summed E-state index contributed by atoms with van der Waals surface area (Å²) in [6, 6.07) is 12.7. The number of hydrogen-bond donors (Lipinski definition) is 1. The van der Waals surface area contributed by atoms with Crippen molar-refractivity contribution in [1.29, 1.82) is 0 Å². The van der Waals surface area contributed by atoms with Gasteiger partial charge in [-0.3, -0.25) is 4.79 Å². The van der Waals surface area contributed by atoms with Crippen LogP contribution in [0, 0.1) is 6.92 Å². The van der Waals surface area contributed by atoms with Crippen LogP contribution >= 0.6 is 11.6 Å². The summed E-state index contributed by atoms with van der Waals surface area (Å²) in [5, 5.41) is 9.20. The third-order valence-electron chi connectivity index (χ3n) is 2.98. The Bertz CT molecular complexity index is 694. The Morgan fingerprint density at radius 2 is 1.86 bits per heavy atom. The van der Waals surface area contributed by atoms with Crippen molar-refractivity contribution >= 4 is 29.4 Å². The fourth-order valence-corrected chi connectivity index (χ4v) is 2.10. The fourth-order valence-electron chi connectivity index (χ4n) is 1.82. The molecule has 0 aromatic heterocycles. The van der Waals surface area contributed by atoms with Crippen LogP contribution in [0.25, 0.3) is 0 Å². The molecule has 0 aliphatic heterocycles. The van der Waals surface area contributed by atoms with Gasteiger partial charge in [0.05, 0.1) is 16.9 Å². The van der Waals surface area contributed by atoms with Crippen LogP contribution < -0.4 is 5.32 Å². The number of halogens is 1. The van der Waals surface area contributed by atoms with Gasteiger partial charge in [0.2, 0.25) is 0 Å². The number of nitrogens with zero attached hydrogens (tertiary/aromatic N) is 2. The highest BCUT2D eigenvalue weighted by Crippen LogP contribution is 2.23. The normalized spacial score (nSPS) is 10.7. The lowest BCUT2D eigenvalue weighted by molar-refractivity contribution is 0.102. The van der Waals surface area contributed by atoms with Crippen molar-refractivity contribution in [3.63, 3.8) is 0 Å². The minimum atomic E-state index is -0.193. The van der Waals surface area contributed by atoms with Crippen molar-refractivity contribution in [1.82, 2.24) is 5.01 Å². The second kappa shape index (κ2) is 7.09. The summed E-state index contributed by atoms with van der Waals surface area (Å²) in [5.41, 5.74) is 3.15. The molecular formula is C17H18ClN3O. The van der Waals surface area contributed by atoms with E-state index in [1.54, 1.807) is 29.4 Å². The molecule has 0 aliphatic carbocycles. The molecule has 0 aliphatic rings. The largest absolute Gasteiger partial charge is 0.321 e. The highest BCUT2D eigenvalue weighted by atomic mass is 35.5. The minimum absolute atomic E-state index is 0.193. The van der Waals surface area contributed by atoms with E-state index in [1.807, 2.05) is 45.3 Å². The topological polar surface area (TPSA) is 44.7 Å². The minimum Gasteiger partial charge on any atom is -0.321 e.